The number of esters is 1. The van der Waals surface area contributed by atoms with Gasteiger partial charge in [0.2, 0.25) is 23.6 Å². The van der Waals surface area contributed by atoms with Gasteiger partial charge in [0, 0.05) is 52.1 Å². The lowest BCUT2D eigenvalue weighted by Gasteiger charge is -2.42. The number of phosphoric acid groups is 1. The molecule has 514 valence electrons. The Morgan fingerprint density at radius 3 is 2.09 bits per heavy atom. The van der Waals surface area contributed by atoms with E-state index in [4.69, 9.17) is 44.3 Å². The number of halogens is 1. The van der Waals surface area contributed by atoms with Gasteiger partial charge < -0.3 is 48.0 Å². The van der Waals surface area contributed by atoms with Gasteiger partial charge in [0.05, 0.1) is 64.0 Å². The molecule has 0 spiro atoms. The minimum absolute atomic E-state index is 0.00299. The summed E-state index contributed by atoms with van der Waals surface area (Å²) in [7, 11) is 7.96. The number of nitrogens with one attached hydrogen (secondary N) is 1. The topological polar surface area (TPSA) is 250 Å². The van der Waals surface area contributed by atoms with Gasteiger partial charge in [-0.05, 0) is 81.8 Å². The second kappa shape index (κ2) is 35.8. The number of likely N-dealkylation sites (N-methyl/N-ethyl adjacent to an activating group) is 2. The van der Waals surface area contributed by atoms with Gasteiger partial charge in [-0.2, -0.15) is 0 Å². The van der Waals surface area contributed by atoms with E-state index >= 15 is 0 Å². The Balaban J connectivity index is 0.903. The highest BCUT2D eigenvalue weighted by Gasteiger charge is 2.64. The van der Waals surface area contributed by atoms with E-state index in [9.17, 15) is 43.3 Å². The number of aryl methyl sites for hydroxylation is 1. The summed E-state index contributed by atoms with van der Waals surface area (Å²) in [5, 5.41) is 13.9. The van der Waals surface area contributed by atoms with Crippen LogP contribution in [0.2, 0.25) is 5.02 Å². The van der Waals surface area contributed by atoms with Gasteiger partial charge in [0.15, 0.2) is 5.72 Å². The highest BCUT2D eigenvalue weighted by molar-refractivity contribution is 8.00. The molecule has 92 heavy (non-hydrogen) atoms. The van der Waals surface area contributed by atoms with Crippen LogP contribution in [0.5, 0.6) is 5.75 Å². The van der Waals surface area contributed by atoms with Crippen molar-refractivity contribution in [3.8, 4) is 5.75 Å². The van der Waals surface area contributed by atoms with Gasteiger partial charge in [-0.3, -0.25) is 33.5 Å². The Hall–Kier alpha value is -4.87. The number of quaternary nitrogens is 1. The summed E-state index contributed by atoms with van der Waals surface area (Å²) in [6.45, 7) is 7.96. The average molecular weight is 1350 g/mol. The summed E-state index contributed by atoms with van der Waals surface area (Å²) < 4.78 is 52.4. The standard InChI is InChI=1S/C68H103ClN5O16PS/c1-47-29-28-31-57(85-11)68(81)46-55(88-66(80)70-68)48(2)63-67(4,90-63)58(45-60(76)72(6)53-42-51(41-47)43-54(84-10)62(53)69)89-65(79)49(3)71(5)59(75)36-40-92-56-44-61(77)73(64(56)78)52-34-32-50(33-35-52)30-26-24-22-20-18-16-14-12-13-15-17-19-21-23-25-27-38-86-91(82,83)87-39-37-74(7,8)9/h28-29,31-35,42-43,48-49,55-58,63,81H,12-27,30,36-41,44-46H2,1-11H3,(H-,70,80,82,83)/p+1/b31-28+,47-29+/t48-,49+,55+,56?,57-,58+,63+,67-,68+/m1/s1. The van der Waals surface area contributed by atoms with Crippen LogP contribution in [0.15, 0.2) is 60.2 Å². The van der Waals surface area contributed by atoms with E-state index < -0.39 is 84.7 Å². The van der Waals surface area contributed by atoms with Crippen molar-refractivity contribution >= 4 is 78.3 Å². The van der Waals surface area contributed by atoms with Gasteiger partial charge >= 0.3 is 19.9 Å². The van der Waals surface area contributed by atoms with E-state index in [0.717, 1.165) is 55.2 Å². The number of nitrogens with zero attached hydrogens (tertiary/aromatic N) is 4. The number of carbonyl (C=O) groups excluding carboxylic acids is 6. The summed E-state index contributed by atoms with van der Waals surface area (Å²) in [6.07, 6.45) is 20.1. The van der Waals surface area contributed by atoms with Crippen LogP contribution >= 0.6 is 31.2 Å². The molecule has 3 fully saturated rings. The molecule has 5 amide bonds. The van der Waals surface area contributed by atoms with Crippen LogP contribution in [0.3, 0.4) is 0 Å². The number of ether oxygens (including phenoxy) is 5. The van der Waals surface area contributed by atoms with Crippen LogP contribution in [-0.4, -0.2) is 177 Å². The number of allylic oxidation sites excluding steroid dienone is 3. The molecule has 3 N–H and O–H groups in total. The second-order valence-corrected chi connectivity index (χ2v) is 29.6. The molecule has 0 radical (unpaired) electrons. The first-order chi connectivity index (χ1) is 43.6. The van der Waals surface area contributed by atoms with Crippen LogP contribution in [0.25, 0.3) is 0 Å². The molecule has 4 bridgehead atoms. The number of thioether (sulfide) groups is 1. The van der Waals surface area contributed by atoms with Crippen LogP contribution in [0.1, 0.15) is 167 Å². The molecule has 0 aromatic heterocycles. The van der Waals surface area contributed by atoms with Crippen molar-refractivity contribution in [2.45, 2.75) is 216 Å². The highest BCUT2D eigenvalue weighted by atomic mass is 35.5. The minimum atomic E-state index is -3.97. The number of amides is 5. The normalized spacial score (nSPS) is 25.7. The number of anilines is 2. The monoisotopic (exact) mass is 1340 g/mol. The Morgan fingerprint density at radius 2 is 1.49 bits per heavy atom. The zero-order valence-corrected chi connectivity index (χ0v) is 58.7. The van der Waals surface area contributed by atoms with Gasteiger partial charge in [-0.15, -0.1) is 11.8 Å². The molecule has 2 aromatic carbocycles. The van der Waals surface area contributed by atoms with Crippen LogP contribution in [0.4, 0.5) is 16.2 Å². The Kier molecular flexibility index (Phi) is 29.6. The van der Waals surface area contributed by atoms with Crippen molar-refractivity contribution in [2.24, 2.45) is 5.92 Å². The number of epoxide rings is 1. The quantitative estimate of drug-likeness (QED) is 0.0147. The fraction of sp³-hybridized carbons (Fsp3) is 0.676. The number of methoxy groups -OCH3 is 2. The van der Waals surface area contributed by atoms with E-state index in [1.54, 1.807) is 45.2 Å². The van der Waals surface area contributed by atoms with Crippen molar-refractivity contribution in [3.63, 3.8) is 0 Å². The third-order valence-corrected chi connectivity index (χ3v) is 20.7. The highest BCUT2D eigenvalue weighted by Crippen LogP contribution is 2.50. The summed E-state index contributed by atoms with van der Waals surface area (Å²) in [6, 6.07) is 10.0. The molecule has 0 saturated carbocycles. The van der Waals surface area contributed by atoms with E-state index in [2.05, 4.69) is 5.32 Å². The lowest BCUT2D eigenvalue weighted by Crippen LogP contribution is -2.63. The number of alkyl carbamates (subject to hydrolysis) is 1. The molecular formula is C68H104ClN5O16PS+. The first kappa shape index (κ1) is 76.2. The zero-order chi connectivity index (χ0) is 67.4. The summed E-state index contributed by atoms with van der Waals surface area (Å²) >= 11 is 8.07. The summed E-state index contributed by atoms with van der Waals surface area (Å²) in [4.78, 5) is 96.1. The number of carbonyl (C=O) groups is 6. The van der Waals surface area contributed by atoms with E-state index in [1.807, 2.05) is 58.4 Å². The number of hydrogen-bond acceptors (Lipinski definition) is 16. The van der Waals surface area contributed by atoms with Gasteiger partial charge in [-0.1, -0.05) is 144 Å². The molecule has 21 nitrogen and oxygen atoms in total. The first-order valence-electron chi connectivity index (χ1n) is 32.9. The fourth-order valence-corrected chi connectivity index (χ4v) is 14.2. The van der Waals surface area contributed by atoms with Crippen LogP contribution in [0, 0.1) is 5.92 Å². The van der Waals surface area contributed by atoms with Crippen molar-refractivity contribution in [2.75, 3.05) is 84.8 Å². The van der Waals surface area contributed by atoms with Gasteiger partial charge in [-0.25, -0.2) is 19.1 Å². The molecule has 4 heterocycles. The zero-order valence-electron chi connectivity index (χ0n) is 56.3. The Labute approximate surface area is 555 Å². The summed E-state index contributed by atoms with van der Waals surface area (Å²) in [5.41, 5.74) is 0.516. The average Bonchev–Trinajstić information content (AvgIpc) is 1.59. The van der Waals surface area contributed by atoms with Crippen molar-refractivity contribution in [3.05, 3.63) is 76.3 Å². The number of unbranched alkanes of at least 4 members (excludes halogenated alkanes) is 15. The van der Waals surface area contributed by atoms with Crippen molar-refractivity contribution in [1.29, 1.82) is 0 Å². The molecule has 2 unspecified atom stereocenters. The largest absolute Gasteiger partial charge is 0.495 e. The lowest BCUT2D eigenvalue weighted by atomic mass is 9.83. The second-order valence-electron chi connectivity index (χ2n) is 26.5. The maximum absolute atomic E-state index is 14.4. The van der Waals surface area contributed by atoms with Crippen molar-refractivity contribution in [1.82, 2.24) is 10.2 Å². The van der Waals surface area contributed by atoms with Crippen molar-refractivity contribution < 1.29 is 80.5 Å². The predicted molar refractivity (Wildman–Crippen MR) is 358 cm³/mol. The maximum Gasteiger partial charge on any atom is 0.472 e. The fourth-order valence-electron chi connectivity index (χ4n) is 12.1. The molecule has 4 aliphatic rings. The molecule has 4 aliphatic heterocycles. The minimum Gasteiger partial charge on any atom is -0.495 e. The third kappa shape index (κ3) is 22.6. The Bertz CT molecular complexity index is 2910. The van der Waals surface area contributed by atoms with Gasteiger partial charge in [0.1, 0.15) is 53.9 Å². The Morgan fingerprint density at radius 1 is 0.891 bits per heavy atom. The number of fused-ring (bicyclic) bond motifs is 5. The van der Waals surface area contributed by atoms with E-state index in [0.29, 0.717) is 34.6 Å². The molecule has 6 rings (SSSR count). The number of imide groups is 1. The van der Waals surface area contributed by atoms with Gasteiger partial charge in [0.25, 0.3) is 0 Å². The van der Waals surface area contributed by atoms with E-state index in [-0.39, 0.29) is 61.5 Å². The number of rotatable bonds is 34. The third-order valence-electron chi connectivity index (χ3n) is 18.1. The number of hydrogen-bond donors (Lipinski definition) is 3. The maximum atomic E-state index is 14.4. The number of benzene rings is 2. The first-order valence-corrected chi connectivity index (χ1v) is 35.9. The SMILES string of the molecule is COc1cc2cc(c1Cl)N(C)C(=O)C[C@H](OC(=O)[C@H](C)N(C)C(=O)CCSC1CC(=O)N(c3ccc(CCCCCCCCCCCCCCCCCCOP(=O)(O)OCC[N+](C)(C)C)cc3)C1=O)[C@@]1(C)O[C@H]1[C@H](C)[C@@H]1C[C@@](O)(NC(=O)O1)[C@H](OC)/C=C/C=C(\C)C2. The van der Waals surface area contributed by atoms with Crippen LogP contribution < -0.4 is 19.9 Å². The molecule has 24 heteroatoms. The number of aliphatic hydroxyl groups is 1. The lowest BCUT2D eigenvalue weighted by molar-refractivity contribution is -0.870. The molecule has 3 saturated heterocycles. The van der Waals surface area contributed by atoms with E-state index in [1.165, 1.54) is 125 Å². The molecule has 0 aliphatic carbocycles. The summed E-state index contributed by atoms with van der Waals surface area (Å²) in [5.74, 6) is -2.39. The number of phosphoric ester groups is 1. The van der Waals surface area contributed by atoms with Crippen LogP contribution in [-0.2, 0) is 69.4 Å². The predicted octanol–water partition coefficient (Wildman–Crippen LogP) is 11.6. The molecule has 2 aromatic rings. The molecular weight excluding hydrogens is 1240 g/mol. The smallest absolute Gasteiger partial charge is 0.472 e. The molecule has 10 atom stereocenters.